The van der Waals surface area contributed by atoms with Gasteiger partial charge in [0.05, 0.1) is 12.8 Å². The van der Waals surface area contributed by atoms with Crippen molar-refractivity contribution in [3.63, 3.8) is 0 Å². The molecule has 0 unspecified atom stereocenters. The maximum Gasteiger partial charge on any atom is 0.254 e. The molecule has 1 heterocycles. The standard InChI is InChI=1S/C8H10ClFN2O/c1-5(2)4-13-7-6(10)3-11-8(9)12-7/h3,5H,4H2,1-2H3. The molecule has 13 heavy (non-hydrogen) atoms. The molecule has 5 heteroatoms. The lowest BCUT2D eigenvalue weighted by atomic mass is 10.2. The van der Waals surface area contributed by atoms with Crippen LogP contribution in [0.15, 0.2) is 6.20 Å². The molecular formula is C8H10ClFN2O. The predicted octanol–water partition coefficient (Wildman–Crippen LogP) is 2.30. The van der Waals surface area contributed by atoms with Gasteiger partial charge in [-0.1, -0.05) is 13.8 Å². The summed E-state index contributed by atoms with van der Waals surface area (Å²) in [5.74, 6) is -0.369. The third kappa shape index (κ3) is 3.14. The van der Waals surface area contributed by atoms with Gasteiger partial charge in [-0.25, -0.2) is 4.98 Å². The first-order valence-electron chi connectivity index (χ1n) is 3.90. The molecule has 3 nitrogen and oxygen atoms in total. The van der Waals surface area contributed by atoms with E-state index in [1.165, 1.54) is 0 Å². The average molecular weight is 205 g/mol. The number of aromatic nitrogens is 2. The van der Waals surface area contributed by atoms with Gasteiger partial charge in [-0.3, -0.25) is 0 Å². The summed E-state index contributed by atoms with van der Waals surface area (Å²) in [6.45, 7) is 4.33. The molecule has 1 rings (SSSR count). The smallest absolute Gasteiger partial charge is 0.254 e. The van der Waals surface area contributed by atoms with Crippen LogP contribution in [0, 0.1) is 11.7 Å². The molecule has 0 radical (unpaired) electrons. The lowest BCUT2D eigenvalue weighted by molar-refractivity contribution is 0.248. The van der Waals surface area contributed by atoms with Crippen molar-refractivity contribution in [1.82, 2.24) is 9.97 Å². The van der Waals surface area contributed by atoms with Crippen LogP contribution < -0.4 is 4.74 Å². The Balaban J connectivity index is 2.70. The van der Waals surface area contributed by atoms with E-state index in [1.807, 2.05) is 13.8 Å². The number of hydrogen-bond acceptors (Lipinski definition) is 3. The largest absolute Gasteiger partial charge is 0.475 e. The van der Waals surface area contributed by atoms with Crippen molar-refractivity contribution in [2.75, 3.05) is 6.61 Å². The van der Waals surface area contributed by atoms with E-state index in [0.29, 0.717) is 12.5 Å². The summed E-state index contributed by atoms with van der Waals surface area (Å²) in [6, 6.07) is 0. The molecule has 0 aromatic carbocycles. The summed E-state index contributed by atoms with van der Waals surface area (Å²) >= 11 is 5.46. The van der Waals surface area contributed by atoms with Crippen LogP contribution in [0.3, 0.4) is 0 Å². The van der Waals surface area contributed by atoms with Gasteiger partial charge in [-0.15, -0.1) is 0 Å². The lowest BCUT2D eigenvalue weighted by Crippen LogP contribution is -2.07. The Hall–Kier alpha value is -0.900. The van der Waals surface area contributed by atoms with E-state index in [9.17, 15) is 4.39 Å². The zero-order chi connectivity index (χ0) is 9.84. The second-order valence-corrected chi connectivity index (χ2v) is 3.34. The molecule has 0 saturated heterocycles. The van der Waals surface area contributed by atoms with Crippen LogP contribution in [0.5, 0.6) is 5.88 Å². The number of halogens is 2. The van der Waals surface area contributed by atoms with Gasteiger partial charge in [-0.05, 0) is 17.5 Å². The van der Waals surface area contributed by atoms with Crippen molar-refractivity contribution in [2.45, 2.75) is 13.8 Å². The minimum atomic E-state index is -0.593. The maximum absolute atomic E-state index is 12.9. The number of nitrogens with zero attached hydrogens (tertiary/aromatic N) is 2. The van der Waals surface area contributed by atoms with Crippen LogP contribution in [0.25, 0.3) is 0 Å². The fraction of sp³-hybridized carbons (Fsp3) is 0.500. The molecule has 0 amide bonds. The van der Waals surface area contributed by atoms with Gasteiger partial charge >= 0.3 is 0 Å². The monoisotopic (exact) mass is 204 g/mol. The van der Waals surface area contributed by atoms with Crippen molar-refractivity contribution < 1.29 is 9.13 Å². The van der Waals surface area contributed by atoms with Crippen molar-refractivity contribution in [3.05, 3.63) is 17.3 Å². The van der Waals surface area contributed by atoms with Crippen molar-refractivity contribution in [3.8, 4) is 5.88 Å². The lowest BCUT2D eigenvalue weighted by Gasteiger charge is -2.07. The van der Waals surface area contributed by atoms with Crippen molar-refractivity contribution in [1.29, 1.82) is 0 Å². The minimum Gasteiger partial charge on any atom is -0.475 e. The second kappa shape index (κ2) is 4.37. The fourth-order valence-corrected chi connectivity index (χ4v) is 0.804. The highest BCUT2D eigenvalue weighted by molar-refractivity contribution is 6.28. The highest BCUT2D eigenvalue weighted by Gasteiger charge is 2.07. The molecule has 0 aliphatic rings. The highest BCUT2D eigenvalue weighted by atomic mass is 35.5. The molecule has 0 aliphatic heterocycles. The molecule has 0 N–H and O–H groups in total. The zero-order valence-electron chi connectivity index (χ0n) is 7.42. The number of rotatable bonds is 3. The van der Waals surface area contributed by atoms with Gasteiger partial charge in [0.15, 0.2) is 0 Å². The van der Waals surface area contributed by atoms with E-state index < -0.39 is 5.82 Å². The first-order chi connectivity index (χ1) is 6.09. The summed E-state index contributed by atoms with van der Waals surface area (Å²) in [6.07, 6.45) is 0.991. The van der Waals surface area contributed by atoms with E-state index in [-0.39, 0.29) is 11.2 Å². The van der Waals surface area contributed by atoms with Crippen LogP contribution in [0.2, 0.25) is 5.28 Å². The summed E-state index contributed by atoms with van der Waals surface area (Å²) in [5.41, 5.74) is 0. The number of hydrogen-bond donors (Lipinski definition) is 0. The molecular weight excluding hydrogens is 195 g/mol. The van der Waals surface area contributed by atoms with Crippen molar-refractivity contribution in [2.24, 2.45) is 5.92 Å². The van der Waals surface area contributed by atoms with Gasteiger partial charge in [-0.2, -0.15) is 9.37 Å². The Kier molecular flexibility index (Phi) is 3.42. The summed E-state index contributed by atoms with van der Waals surface area (Å²) < 4.78 is 18.0. The summed E-state index contributed by atoms with van der Waals surface area (Å²) in [4.78, 5) is 7.07. The molecule has 0 saturated carbocycles. The highest BCUT2D eigenvalue weighted by Crippen LogP contribution is 2.15. The SMILES string of the molecule is CC(C)COc1nc(Cl)ncc1F. The Labute approximate surface area is 80.9 Å². The molecule has 72 valence electrons. The van der Waals surface area contributed by atoms with E-state index in [1.54, 1.807) is 0 Å². The van der Waals surface area contributed by atoms with E-state index in [4.69, 9.17) is 16.3 Å². The maximum atomic E-state index is 12.9. The third-order valence-electron chi connectivity index (χ3n) is 1.24. The van der Waals surface area contributed by atoms with Crippen molar-refractivity contribution >= 4 is 11.6 Å². The molecule has 1 aromatic heterocycles. The molecule has 0 aliphatic carbocycles. The molecule has 0 atom stereocenters. The fourth-order valence-electron chi connectivity index (χ4n) is 0.678. The first kappa shape index (κ1) is 10.2. The quantitative estimate of drug-likeness (QED) is 0.709. The minimum absolute atomic E-state index is 0.0137. The molecule has 1 aromatic rings. The van der Waals surface area contributed by atoms with E-state index in [2.05, 4.69) is 9.97 Å². The zero-order valence-corrected chi connectivity index (χ0v) is 8.18. The summed E-state index contributed by atoms with van der Waals surface area (Å²) in [5, 5.41) is -0.0137. The molecule has 0 fully saturated rings. The second-order valence-electron chi connectivity index (χ2n) is 3.00. The van der Waals surface area contributed by atoms with E-state index >= 15 is 0 Å². The Morgan fingerprint density at radius 2 is 2.31 bits per heavy atom. The topological polar surface area (TPSA) is 35.0 Å². The first-order valence-corrected chi connectivity index (χ1v) is 4.28. The Morgan fingerprint density at radius 1 is 1.62 bits per heavy atom. The average Bonchev–Trinajstić information content (AvgIpc) is 2.06. The Morgan fingerprint density at radius 3 is 2.92 bits per heavy atom. The molecule has 0 spiro atoms. The van der Waals surface area contributed by atoms with Gasteiger partial charge < -0.3 is 4.74 Å². The van der Waals surface area contributed by atoms with Crippen LogP contribution >= 0.6 is 11.6 Å². The van der Waals surface area contributed by atoms with Gasteiger partial charge in [0.2, 0.25) is 11.1 Å². The van der Waals surface area contributed by atoms with Crippen LogP contribution in [-0.4, -0.2) is 16.6 Å². The predicted molar refractivity (Wildman–Crippen MR) is 47.3 cm³/mol. The van der Waals surface area contributed by atoms with Crippen LogP contribution in [-0.2, 0) is 0 Å². The summed E-state index contributed by atoms with van der Waals surface area (Å²) in [7, 11) is 0. The van der Waals surface area contributed by atoms with Gasteiger partial charge in [0, 0.05) is 0 Å². The van der Waals surface area contributed by atoms with Crippen LogP contribution in [0.1, 0.15) is 13.8 Å². The normalized spacial score (nSPS) is 10.5. The van der Waals surface area contributed by atoms with E-state index in [0.717, 1.165) is 6.20 Å². The van der Waals surface area contributed by atoms with Crippen LogP contribution in [0.4, 0.5) is 4.39 Å². The molecule has 0 bridgehead atoms. The Bertz CT molecular complexity index is 293. The number of ether oxygens (including phenoxy) is 1. The van der Waals surface area contributed by atoms with Gasteiger partial charge in [0.1, 0.15) is 0 Å². The third-order valence-corrected chi connectivity index (χ3v) is 1.42. The van der Waals surface area contributed by atoms with Gasteiger partial charge in [0.25, 0.3) is 5.88 Å².